The van der Waals surface area contributed by atoms with E-state index in [1.807, 2.05) is 19.1 Å². The Labute approximate surface area is 228 Å². The zero-order chi connectivity index (χ0) is 27.4. The van der Waals surface area contributed by atoms with Gasteiger partial charge >= 0.3 is 0 Å². The maximum atomic E-state index is 14.6. The van der Waals surface area contributed by atoms with Crippen LogP contribution >= 0.6 is 0 Å². The third-order valence-electron chi connectivity index (χ3n) is 7.65. The van der Waals surface area contributed by atoms with E-state index in [0.717, 1.165) is 33.5 Å². The predicted molar refractivity (Wildman–Crippen MR) is 148 cm³/mol. The molecule has 3 aromatic heterocycles. The molecule has 0 saturated carbocycles. The summed E-state index contributed by atoms with van der Waals surface area (Å²) in [6, 6.07) is 14.7. The Bertz CT molecular complexity index is 1790. The van der Waals surface area contributed by atoms with Gasteiger partial charge in [0.2, 0.25) is 0 Å². The molecule has 0 aliphatic carbocycles. The molecule has 40 heavy (non-hydrogen) atoms. The molecule has 1 saturated heterocycles. The average molecular weight is 539 g/mol. The second-order valence-corrected chi connectivity index (χ2v) is 10.5. The van der Waals surface area contributed by atoms with Gasteiger partial charge in [-0.05, 0) is 41.8 Å². The molecule has 1 atom stereocenters. The molecule has 6 nitrogen and oxygen atoms in total. The number of benzene rings is 2. The van der Waals surface area contributed by atoms with Gasteiger partial charge in [0, 0.05) is 60.4 Å². The minimum absolute atomic E-state index is 0.0577. The summed E-state index contributed by atoms with van der Waals surface area (Å²) in [7, 11) is 0. The molecule has 1 fully saturated rings. The van der Waals surface area contributed by atoms with Crippen molar-refractivity contribution in [2.24, 2.45) is 4.99 Å². The largest absolute Gasteiger partial charge is 0.335 e. The first-order valence-corrected chi connectivity index (χ1v) is 13.2. The summed E-state index contributed by atoms with van der Waals surface area (Å²) in [5.74, 6) is -2.37. The second-order valence-electron chi connectivity index (χ2n) is 10.5. The van der Waals surface area contributed by atoms with Crippen molar-refractivity contribution in [3.8, 4) is 22.3 Å². The van der Waals surface area contributed by atoms with Gasteiger partial charge in [0.1, 0.15) is 17.0 Å². The van der Waals surface area contributed by atoms with E-state index in [4.69, 9.17) is 9.98 Å². The summed E-state index contributed by atoms with van der Waals surface area (Å²) >= 11 is 0. The number of hydrogen-bond donors (Lipinski definition) is 1. The molecule has 1 N–H and O–H groups in total. The molecule has 200 valence electrons. The molecule has 0 spiro atoms. The van der Waals surface area contributed by atoms with Crippen LogP contribution in [0.2, 0.25) is 0 Å². The van der Waals surface area contributed by atoms with Crippen molar-refractivity contribution in [1.29, 1.82) is 0 Å². The number of nitrogens with zero attached hydrogens (tertiary/aromatic N) is 5. The number of imidazole rings is 1. The minimum Gasteiger partial charge on any atom is -0.335 e. The number of halogens is 3. The first kappa shape index (κ1) is 24.7. The number of alkyl halides is 2. The van der Waals surface area contributed by atoms with Crippen LogP contribution in [0, 0.1) is 5.82 Å². The van der Waals surface area contributed by atoms with Crippen LogP contribution in [0.25, 0.3) is 33.3 Å². The molecule has 2 aromatic carbocycles. The smallest absolute Gasteiger partial charge is 0.261 e. The standard InChI is InChI=1S/C31H25F3N6/c1-18-22-7-6-20(21-10-19(12-35-13-21)16-40-9-8-31(33,34)17-40)11-24(22)29(37-18)30-38-27-15-36-14-25(28(27)39-30)23-4-2-3-5-26(23)32/h2-7,10-15,18H,8-9,16-17H2,1H3,(H,38,39)/t18-/m0/s1. The number of aromatic nitrogens is 4. The maximum absolute atomic E-state index is 14.6. The average Bonchev–Trinajstić information content (AvgIpc) is 3.63. The van der Waals surface area contributed by atoms with Crippen LogP contribution in [0.4, 0.5) is 13.2 Å². The minimum atomic E-state index is -2.62. The van der Waals surface area contributed by atoms with Crippen molar-refractivity contribution in [3.05, 3.63) is 102 Å². The number of rotatable bonds is 5. The SMILES string of the molecule is C[C@@H]1N=C(c2nc3c(-c4ccccc4F)cncc3[nH]2)c2cc(-c3cncc(CN4CCC(F)(F)C4)c3)ccc21. The second kappa shape index (κ2) is 9.38. The fourth-order valence-electron chi connectivity index (χ4n) is 5.68. The van der Waals surface area contributed by atoms with Gasteiger partial charge in [-0.15, -0.1) is 0 Å². The fourth-order valence-corrected chi connectivity index (χ4v) is 5.68. The summed E-state index contributed by atoms with van der Waals surface area (Å²) in [5.41, 5.74) is 7.87. The number of H-pyrrole nitrogens is 1. The fraction of sp³-hybridized carbons (Fsp3) is 0.226. The molecule has 2 aliphatic heterocycles. The van der Waals surface area contributed by atoms with Crippen molar-refractivity contribution in [2.45, 2.75) is 31.9 Å². The molecule has 0 radical (unpaired) electrons. The zero-order valence-electron chi connectivity index (χ0n) is 21.7. The molecular formula is C31H25F3N6. The van der Waals surface area contributed by atoms with Gasteiger partial charge < -0.3 is 4.98 Å². The van der Waals surface area contributed by atoms with Crippen molar-refractivity contribution >= 4 is 16.7 Å². The third-order valence-corrected chi connectivity index (χ3v) is 7.65. The van der Waals surface area contributed by atoms with E-state index in [0.29, 0.717) is 41.1 Å². The summed E-state index contributed by atoms with van der Waals surface area (Å²) in [6.45, 7) is 2.62. The maximum Gasteiger partial charge on any atom is 0.261 e. The lowest BCUT2D eigenvalue weighted by molar-refractivity contribution is 0.0115. The van der Waals surface area contributed by atoms with Crippen molar-refractivity contribution in [1.82, 2.24) is 24.8 Å². The highest BCUT2D eigenvalue weighted by Crippen LogP contribution is 2.36. The number of nitrogens with one attached hydrogen (secondary N) is 1. The third kappa shape index (κ3) is 4.36. The Kier molecular flexibility index (Phi) is 5.78. The zero-order valence-corrected chi connectivity index (χ0v) is 21.7. The van der Waals surface area contributed by atoms with E-state index in [2.05, 4.69) is 27.1 Å². The molecule has 0 unspecified atom stereocenters. The first-order chi connectivity index (χ1) is 19.3. The van der Waals surface area contributed by atoms with Gasteiger partial charge in [0.15, 0.2) is 5.82 Å². The van der Waals surface area contributed by atoms with Crippen LogP contribution < -0.4 is 0 Å². The number of pyridine rings is 2. The Balaban J connectivity index is 1.23. The summed E-state index contributed by atoms with van der Waals surface area (Å²) in [6.07, 6.45) is 6.72. The number of aromatic amines is 1. The van der Waals surface area contributed by atoms with Gasteiger partial charge in [0.25, 0.3) is 5.92 Å². The Morgan fingerprint density at radius 1 is 0.950 bits per heavy atom. The molecular weight excluding hydrogens is 513 g/mol. The lowest BCUT2D eigenvalue weighted by Crippen LogP contribution is -2.24. The van der Waals surface area contributed by atoms with E-state index in [-0.39, 0.29) is 24.8 Å². The highest BCUT2D eigenvalue weighted by Gasteiger charge is 2.38. The molecule has 0 amide bonds. The van der Waals surface area contributed by atoms with Gasteiger partial charge in [0.05, 0.1) is 24.3 Å². The lowest BCUT2D eigenvalue weighted by Gasteiger charge is -2.16. The van der Waals surface area contributed by atoms with Crippen LogP contribution in [0.15, 0.2) is 78.3 Å². The molecule has 0 bridgehead atoms. The topological polar surface area (TPSA) is 70.1 Å². The Morgan fingerprint density at radius 2 is 1.80 bits per heavy atom. The van der Waals surface area contributed by atoms with E-state index in [9.17, 15) is 13.2 Å². The van der Waals surface area contributed by atoms with Crippen molar-refractivity contribution < 1.29 is 13.2 Å². The van der Waals surface area contributed by atoms with E-state index in [1.165, 1.54) is 6.07 Å². The lowest BCUT2D eigenvalue weighted by atomic mass is 9.96. The number of aliphatic imine (C=N–C) groups is 1. The molecule has 5 aromatic rings. The van der Waals surface area contributed by atoms with Crippen LogP contribution in [0.3, 0.4) is 0 Å². The quantitative estimate of drug-likeness (QED) is 0.275. The number of likely N-dealkylation sites (tertiary alicyclic amines) is 1. The van der Waals surface area contributed by atoms with E-state index >= 15 is 0 Å². The Hall–Kier alpha value is -4.37. The monoisotopic (exact) mass is 538 g/mol. The number of hydrogen-bond acceptors (Lipinski definition) is 5. The van der Waals surface area contributed by atoms with Crippen LogP contribution in [-0.4, -0.2) is 49.6 Å². The van der Waals surface area contributed by atoms with Gasteiger partial charge in [-0.1, -0.05) is 30.3 Å². The summed E-state index contributed by atoms with van der Waals surface area (Å²) in [5, 5.41) is 0. The predicted octanol–water partition coefficient (Wildman–Crippen LogP) is 6.58. The first-order valence-electron chi connectivity index (χ1n) is 13.2. The molecule has 5 heterocycles. The van der Waals surface area contributed by atoms with Crippen LogP contribution in [0.1, 0.15) is 41.9 Å². The van der Waals surface area contributed by atoms with Gasteiger partial charge in [-0.3, -0.25) is 19.9 Å². The molecule has 7 rings (SSSR count). The van der Waals surface area contributed by atoms with Crippen LogP contribution in [-0.2, 0) is 6.54 Å². The highest BCUT2D eigenvalue weighted by molar-refractivity contribution is 6.15. The van der Waals surface area contributed by atoms with Crippen molar-refractivity contribution in [2.75, 3.05) is 13.1 Å². The van der Waals surface area contributed by atoms with Gasteiger partial charge in [-0.2, -0.15) is 0 Å². The Morgan fingerprint density at radius 3 is 2.62 bits per heavy atom. The summed E-state index contributed by atoms with van der Waals surface area (Å²) in [4.78, 5) is 23.6. The normalized spacial score (nSPS) is 18.3. The van der Waals surface area contributed by atoms with Crippen LogP contribution in [0.5, 0.6) is 0 Å². The number of fused-ring (bicyclic) bond motifs is 2. The summed E-state index contributed by atoms with van der Waals surface area (Å²) < 4.78 is 42.0. The van der Waals surface area contributed by atoms with Gasteiger partial charge in [-0.25, -0.2) is 18.2 Å². The molecule has 2 aliphatic rings. The van der Waals surface area contributed by atoms with E-state index in [1.54, 1.807) is 47.9 Å². The van der Waals surface area contributed by atoms with Crippen molar-refractivity contribution in [3.63, 3.8) is 0 Å². The molecule has 9 heteroatoms. The van der Waals surface area contributed by atoms with E-state index < -0.39 is 5.92 Å². The highest BCUT2D eigenvalue weighted by atomic mass is 19.3.